The van der Waals surface area contributed by atoms with E-state index in [1.54, 1.807) is 12.1 Å². The Bertz CT molecular complexity index is 573. The van der Waals surface area contributed by atoms with Crippen LogP contribution in [-0.2, 0) is 0 Å². The smallest absolute Gasteiger partial charge is 0.255 e. The van der Waals surface area contributed by atoms with Crippen LogP contribution in [0.1, 0.15) is 15.9 Å². The number of nitrogens with one attached hydrogen (secondary N) is 2. The Morgan fingerprint density at radius 1 is 1.05 bits per heavy atom. The van der Waals surface area contributed by atoms with Crippen molar-refractivity contribution < 1.29 is 4.79 Å². The lowest BCUT2D eigenvalue weighted by Gasteiger charge is -2.08. The van der Waals surface area contributed by atoms with Crippen molar-refractivity contribution in [2.24, 2.45) is 0 Å². The van der Waals surface area contributed by atoms with Crippen molar-refractivity contribution in [3.8, 4) is 0 Å². The lowest BCUT2D eigenvalue weighted by molar-refractivity contribution is 0.102. The van der Waals surface area contributed by atoms with E-state index in [4.69, 9.17) is 0 Å². The number of halogens is 1. The summed E-state index contributed by atoms with van der Waals surface area (Å²) in [6.07, 6.45) is 0. The van der Waals surface area contributed by atoms with E-state index < -0.39 is 0 Å². The zero-order valence-electron chi connectivity index (χ0n) is 10.8. The topological polar surface area (TPSA) is 41.1 Å². The summed E-state index contributed by atoms with van der Waals surface area (Å²) >= 11 is 3.42. The van der Waals surface area contributed by atoms with E-state index in [2.05, 4.69) is 26.6 Å². The minimum Gasteiger partial charge on any atom is -0.388 e. The minimum absolute atomic E-state index is 0.111. The molecule has 1 amide bonds. The summed E-state index contributed by atoms with van der Waals surface area (Å²) in [7, 11) is 1.85. The second kappa shape index (κ2) is 5.89. The van der Waals surface area contributed by atoms with Gasteiger partial charge in [0.15, 0.2) is 0 Å². The van der Waals surface area contributed by atoms with Crippen molar-refractivity contribution in [3.63, 3.8) is 0 Å². The van der Waals surface area contributed by atoms with Gasteiger partial charge >= 0.3 is 0 Å². The molecule has 0 aliphatic heterocycles. The number of carbonyl (C=O) groups is 1. The summed E-state index contributed by atoms with van der Waals surface area (Å²) in [4.78, 5) is 12.1. The Labute approximate surface area is 121 Å². The summed E-state index contributed by atoms with van der Waals surface area (Å²) in [5.41, 5.74) is 3.50. The number of rotatable bonds is 3. The maximum atomic E-state index is 12.1. The van der Waals surface area contributed by atoms with Gasteiger partial charge in [-0.25, -0.2) is 0 Å². The van der Waals surface area contributed by atoms with Crippen molar-refractivity contribution >= 4 is 33.2 Å². The van der Waals surface area contributed by atoms with Gasteiger partial charge in [0.25, 0.3) is 5.91 Å². The predicted octanol–water partition coefficient (Wildman–Crippen LogP) is 4.05. The fraction of sp³-hybridized carbons (Fsp3) is 0.133. The molecule has 0 bridgehead atoms. The molecule has 4 heteroatoms. The van der Waals surface area contributed by atoms with Crippen molar-refractivity contribution in [3.05, 3.63) is 58.1 Å². The molecule has 0 aliphatic rings. The first-order valence-corrected chi connectivity index (χ1v) is 6.74. The van der Waals surface area contributed by atoms with Crippen LogP contribution >= 0.6 is 15.9 Å². The van der Waals surface area contributed by atoms with Crippen LogP contribution in [0.15, 0.2) is 46.9 Å². The molecule has 0 unspecified atom stereocenters. The predicted molar refractivity (Wildman–Crippen MR) is 82.8 cm³/mol. The lowest BCUT2D eigenvalue weighted by atomic mass is 10.1. The Morgan fingerprint density at radius 3 is 2.32 bits per heavy atom. The third-order valence-electron chi connectivity index (χ3n) is 2.74. The van der Waals surface area contributed by atoms with Gasteiger partial charge in [-0.3, -0.25) is 4.79 Å². The monoisotopic (exact) mass is 318 g/mol. The van der Waals surface area contributed by atoms with E-state index in [9.17, 15) is 4.79 Å². The van der Waals surface area contributed by atoms with Gasteiger partial charge in [-0.1, -0.05) is 15.9 Å². The Balaban J connectivity index is 2.15. The number of hydrogen-bond donors (Lipinski definition) is 2. The van der Waals surface area contributed by atoms with Crippen LogP contribution < -0.4 is 10.6 Å². The van der Waals surface area contributed by atoms with Gasteiger partial charge in [0, 0.05) is 28.5 Å². The van der Waals surface area contributed by atoms with E-state index in [1.165, 1.54) is 0 Å². The molecule has 2 aromatic rings. The minimum atomic E-state index is -0.111. The lowest BCUT2D eigenvalue weighted by Crippen LogP contribution is -2.11. The van der Waals surface area contributed by atoms with Crippen LogP contribution in [0.5, 0.6) is 0 Å². The summed E-state index contributed by atoms with van der Waals surface area (Å²) < 4.78 is 0.952. The van der Waals surface area contributed by atoms with Gasteiger partial charge in [0.1, 0.15) is 0 Å². The molecule has 3 nitrogen and oxygen atoms in total. The first-order chi connectivity index (χ1) is 9.08. The number of aryl methyl sites for hydroxylation is 1. The van der Waals surface area contributed by atoms with Crippen molar-refractivity contribution in [2.75, 3.05) is 17.7 Å². The number of benzene rings is 2. The van der Waals surface area contributed by atoms with Gasteiger partial charge < -0.3 is 10.6 Å². The molecule has 0 saturated carbocycles. The normalized spacial score (nSPS) is 10.1. The fourth-order valence-corrected chi connectivity index (χ4v) is 2.41. The summed E-state index contributed by atoms with van der Waals surface area (Å²) in [6, 6.07) is 13.2. The summed E-state index contributed by atoms with van der Waals surface area (Å²) in [6.45, 7) is 1.99. The van der Waals surface area contributed by atoms with E-state index >= 15 is 0 Å². The molecule has 0 radical (unpaired) electrons. The van der Waals surface area contributed by atoms with E-state index in [-0.39, 0.29) is 5.91 Å². The van der Waals surface area contributed by atoms with Crippen LogP contribution in [0, 0.1) is 6.92 Å². The molecule has 0 saturated heterocycles. The zero-order valence-corrected chi connectivity index (χ0v) is 12.4. The quantitative estimate of drug-likeness (QED) is 0.896. The maximum absolute atomic E-state index is 12.1. The molecule has 2 rings (SSSR count). The zero-order chi connectivity index (χ0) is 13.8. The molecule has 2 N–H and O–H groups in total. The van der Waals surface area contributed by atoms with Gasteiger partial charge in [-0.05, 0) is 55.0 Å². The van der Waals surface area contributed by atoms with Crippen LogP contribution in [0.4, 0.5) is 11.4 Å². The van der Waals surface area contributed by atoms with E-state index in [1.807, 2.05) is 44.3 Å². The molecule has 0 spiro atoms. The van der Waals surface area contributed by atoms with E-state index in [0.29, 0.717) is 5.56 Å². The molecular formula is C15H15BrN2O. The SMILES string of the molecule is CNc1ccc(C(=O)Nc2cc(C)cc(Br)c2)cc1. The van der Waals surface area contributed by atoms with Crippen LogP contribution in [0.2, 0.25) is 0 Å². The second-order valence-electron chi connectivity index (χ2n) is 4.30. The molecular weight excluding hydrogens is 304 g/mol. The number of carbonyl (C=O) groups excluding carboxylic acids is 1. The van der Waals surface area contributed by atoms with Crippen molar-refractivity contribution in [2.45, 2.75) is 6.92 Å². The van der Waals surface area contributed by atoms with E-state index in [0.717, 1.165) is 21.4 Å². The highest BCUT2D eigenvalue weighted by atomic mass is 79.9. The molecule has 0 atom stereocenters. The third-order valence-corrected chi connectivity index (χ3v) is 3.19. The first kappa shape index (κ1) is 13.6. The second-order valence-corrected chi connectivity index (χ2v) is 5.21. The molecule has 19 heavy (non-hydrogen) atoms. The van der Waals surface area contributed by atoms with Crippen LogP contribution in [-0.4, -0.2) is 13.0 Å². The number of anilines is 2. The van der Waals surface area contributed by atoms with Crippen molar-refractivity contribution in [1.29, 1.82) is 0 Å². The average Bonchev–Trinajstić information content (AvgIpc) is 2.37. The van der Waals surface area contributed by atoms with Crippen LogP contribution in [0.25, 0.3) is 0 Å². The molecule has 0 aromatic heterocycles. The van der Waals surface area contributed by atoms with Gasteiger partial charge in [-0.15, -0.1) is 0 Å². The van der Waals surface area contributed by atoms with Gasteiger partial charge in [0.05, 0.1) is 0 Å². The fourth-order valence-electron chi connectivity index (χ4n) is 1.80. The summed E-state index contributed by atoms with van der Waals surface area (Å²) in [5.74, 6) is -0.111. The van der Waals surface area contributed by atoms with Crippen LogP contribution in [0.3, 0.4) is 0 Å². The Morgan fingerprint density at radius 2 is 1.74 bits per heavy atom. The largest absolute Gasteiger partial charge is 0.388 e. The number of amides is 1. The molecule has 0 aliphatic carbocycles. The highest BCUT2D eigenvalue weighted by molar-refractivity contribution is 9.10. The average molecular weight is 319 g/mol. The molecule has 98 valence electrons. The first-order valence-electron chi connectivity index (χ1n) is 5.95. The highest BCUT2D eigenvalue weighted by Gasteiger charge is 2.06. The van der Waals surface area contributed by atoms with Gasteiger partial charge in [-0.2, -0.15) is 0 Å². The third kappa shape index (κ3) is 3.58. The Hall–Kier alpha value is -1.81. The maximum Gasteiger partial charge on any atom is 0.255 e. The molecule has 0 heterocycles. The number of hydrogen-bond acceptors (Lipinski definition) is 2. The molecule has 2 aromatic carbocycles. The Kier molecular flexibility index (Phi) is 4.22. The highest BCUT2D eigenvalue weighted by Crippen LogP contribution is 2.20. The molecule has 0 fully saturated rings. The summed E-state index contributed by atoms with van der Waals surface area (Å²) in [5, 5.41) is 5.91. The van der Waals surface area contributed by atoms with Gasteiger partial charge in [0.2, 0.25) is 0 Å². The van der Waals surface area contributed by atoms with Crippen molar-refractivity contribution in [1.82, 2.24) is 0 Å². The standard InChI is InChI=1S/C15H15BrN2O/c1-10-7-12(16)9-14(8-10)18-15(19)11-3-5-13(17-2)6-4-11/h3-9,17H,1-2H3,(H,18,19).